The van der Waals surface area contributed by atoms with E-state index in [0.717, 1.165) is 23.5 Å². The molecule has 25 heavy (non-hydrogen) atoms. The zero-order valence-corrected chi connectivity index (χ0v) is 14.2. The maximum atomic E-state index is 13.2. The van der Waals surface area contributed by atoms with Crippen molar-refractivity contribution in [2.24, 2.45) is 0 Å². The molecule has 2 aromatic heterocycles. The first kappa shape index (κ1) is 17.5. The van der Waals surface area contributed by atoms with E-state index in [1.165, 1.54) is 12.3 Å². The van der Waals surface area contributed by atoms with E-state index in [0.29, 0.717) is 15.8 Å². The molecule has 0 bridgehead atoms. The van der Waals surface area contributed by atoms with Gasteiger partial charge in [0.25, 0.3) is 0 Å². The van der Waals surface area contributed by atoms with Crippen molar-refractivity contribution < 1.29 is 26.4 Å². The van der Waals surface area contributed by atoms with Gasteiger partial charge in [0, 0.05) is 11.4 Å². The Labute approximate surface area is 146 Å². The molecule has 0 radical (unpaired) electrons. The summed E-state index contributed by atoms with van der Waals surface area (Å²) in [5.41, 5.74) is 0. The highest BCUT2D eigenvalue weighted by Crippen LogP contribution is 2.21. The van der Waals surface area contributed by atoms with Gasteiger partial charge < -0.3 is 4.42 Å². The van der Waals surface area contributed by atoms with Crippen LogP contribution in [0.3, 0.4) is 0 Å². The lowest BCUT2D eigenvalue weighted by atomic mass is 10.2. The molecule has 9 heteroatoms. The molecule has 0 spiro atoms. The van der Waals surface area contributed by atoms with Gasteiger partial charge in [-0.05, 0) is 42.5 Å². The predicted octanol–water partition coefficient (Wildman–Crippen LogP) is 3.33. The Morgan fingerprint density at radius 1 is 1.12 bits per heavy atom. The van der Waals surface area contributed by atoms with Gasteiger partial charge in [-0.25, -0.2) is 21.9 Å². The molecule has 0 saturated carbocycles. The average molecular weight is 383 g/mol. The van der Waals surface area contributed by atoms with Crippen molar-refractivity contribution in [2.45, 2.75) is 11.4 Å². The van der Waals surface area contributed by atoms with Crippen LogP contribution in [0.1, 0.15) is 20.3 Å². The summed E-state index contributed by atoms with van der Waals surface area (Å²) in [5.74, 6) is -2.48. The van der Waals surface area contributed by atoms with Crippen molar-refractivity contribution in [2.75, 3.05) is 0 Å². The number of carbonyl (C=O) groups is 1. The van der Waals surface area contributed by atoms with Crippen molar-refractivity contribution in [1.82, 2.24) is 4.72 Å². The first-order valence-corrected chi connectivity index (χ1v) is 9.28. The summed E-state index contributed by atoms with van der Waals surface area (Å²) >= 11 is 1.11. The molecule has 3 aromatic rings. The Kier molecular flexibility index (Phi) is 4.80. The first-order valence-electron chi connectivity index (χ1n) is 6.98. The van der Waals surface area contributed by atoms with E-state index in [2.05, 4.69) is 4.72 Å². The molecule has 0 atom stereocenters. The second kappa shape index (κ2) is 6.87. The number of benzene rings is 1. The summed E-state index contributed by atoms with van der Waals surface area (Å²) in [7, 11) is -4.01. The van der Waals surface area contributed by atoms with Crippen molar-refractivity contribution in [3.8, 4) is 0 Å². The van der Waals surface area contributed by atoms with Gasteiger partial charge in [0.1, 0.15) is 0 Å². The smallest absolute Gasteiger partial charge is 0.241 e. The molecule has 5 nitrogen and oxygen atoms in total. The second-order valence-electron chi connectivity index (χ2n) is 4.97. The maximum Gasteiger partial charge on any atom is 0.241 e. The molecular weight excluding hydrogens is 372 g/mol. The van der Waals surface area contributed by atoms with Gasteiger partial charge in [-0.1, -0.05) is 0 Å². The van der Waals surface area contributed by atoms with Crippen molar-refractivity contribution in [3.63, 3.8) is 0 Å². The molecule has 0 saturated heterocycles. The van der Waals surface area contributed by atoms with Crippen LogP contribution in [-0.4, -0.2) is 14.2 Å². The standard InChI is InChI=1S/C16H11F2NO4S2/c17-12-5-4-11(8-13(12)18)25(21,22)19-9-10-3-6-15(24-10)16(20)14-2-1-7-23-14/h1-8,19H,9H2. The van der Waals surface area contributed by atoms with Crippen molar-refractivity contribution >= 4 is 27.1 Å². The third-order valence-electron chi connectivity index (χ3n) is 3.27. The topological polar surface area (TPSA) is 76.4 Å². The molecule has 3 rings (SSSR count). The van der Waals surface area contributed by atoms with Gasteiger partial charge in [-0.2, -0.15) is 0 Å². The highest BCUT2D eigenvalue weighted by atomic mass is 32.2. The Balaban J connectivity index is 1.71. The number of halogens is 2. The maximum absolute atomic E-state index is 13.2. The number of carbonyl (C=O) groups excluding carboxylic acids is 1. The van der Waals surface area contributed by atoms with Gasteiger partial charge in [0.05, 0.1) is 16.0 Å². The summed E-state index contributed by atoms with van der Waals surface area (Å²) in [6.07, 6.45) is 1.39. The van der Waals surface area contributed by atoms with Crippen molar-refractivity contribution in [1.29, 1.82) is 0 Å². The Hall–Kier alpha value is -2.36. The van der Waals surface area contributed by atoms with E-state index in [-0.39, 0.29) is 23.0 Å². The Morgan fingerprint density at radius 3 is 2.60 bits per heavy atom. The summed E-state index contributed by atoms with van der Waals surface area (Å²) < 4.78 is 57.6. The van der Waals surface area contributed by atoms with Gasteiger partial charge in [0.15, 0.2) is 17.4 Å². The highest BCUT2D eigenvalue weighted by molar-refractivity contribution is 7.89. The highest BCUT2D eigenvalue weighted by Gasteiger charge is 2.18. The Bertz CT molecular complexity index is 1010. The van der Waals surface area contributed by atoms with Crippen LogP contribution in [0.5, 0.6) is 0 Å². The third-order valence-corrected chi connectivity index (χ3v) is 5.75. The minimum absolute atomic E-state index is 0.0859. The summed E-state index contributed by atoms with van der Waals surface area (Å²) in [5, 5.41) is 0. The number of hydrogen-bond acceptors (Lipinski definition) is 5. The summed E-state index contributed by atoms with van der Waals surface area (Å²) in [6, 6.07) is 8.63. The molecule has 0 fully saturated rings. The number of rotatable bonds is 6. The lowest BCUT2D eigenvalue weighted by Crippen LogP contribution is -2.23. The normalized spacial score (nSPS) is 11.6. The predicted molar refractivity (Wildman–Crippen MR) is 86.8 cm³/mol. The lowest BCUT2D eigenvalue weighted by molar-refractivity contribution is 0.101. The third kappa shape index (κ3) is 3.84. The summed E-state index contributed by atoms with van der Waals surface area (Å²) in [4.78, 5) is 12.7. The van der Waals surface area contributed by atoms with Crippen LogP contribution in [0.4, 0.5) is 8.78 Å². The fraction of sp³-hybridized carbons (Fsp3) is 0.0625. The van der Waals surface area contributed by atoms with Gasteiger partial charge in [-0.15, -0.1) is 11.3 Å². The van der Waals surface area contributed by atoms with Gasteiger partial charge >= 0.3 is 0 Å². The molecule has 130 valence electrons. The van der Waals surface area contributed by atoms with Crippen LogP contribution in [0.25, 0.3) is 0 Å². The van der Waals surface area contributed by atoms with Crippen LogP contribution in [0, 0.1) is 11.6 Å². The molecule has 0 aliphatic heterocycles. The summed E-state index contributed by atoms with van der Waals surface area (Å²) in [6.45, 7) is -0.0859. The largest absolute Gasteiger partial charge is 0.461 e. The van der Waals surface area contributed by atoms with E-state index < -0.39 is 21.7 Å². The molecule has 2 heterocycles. The fourth-order valence-corrected chi connectivity index (χ4v) is 4.02. The number of hydrogen-bond donors (Lipinski definition) is 1. The molecular formula is C16H11F2NO4S2. The average Bonchev–Trinajstić information content (AvgIpc) is 3.26. The number of thiophene rings is 1. The quantitative estimate of drug-likeness (QED) is 0.663. The first-order chi connectivity index (χ1) is 11.9. The number of furan rings is 1. The van der Waals surface area contributed by atoms with Crippen molar-refractivity contribution in [3.05, 3.63) is 75.9 Å². The molecule has 1 aromatic carbocycles. The molecule has 1 N–H and O–H groups in total. The molecule has 0 amide bonds. The SMILES string of the molecule is O=C(c1ccco1)c1ccc(CNS(=O)(=O)c2ccc(F)c(F)c2)s1. The zero-order valence-electron chi connectivity index (χ0n) is 12.5. The lowest BCUT2D eigenvalue weighted by Gasteiger charge is -2.06. The number of nitrogens with one attached hydrogen (secondary N) is 1. The molecule has 0 unspecified atom stereocenters. The molecule has 0 aliphatic carbocycles. The van der Waals surface area contributed by atoms with Crippen LogP contribution in [-0.2, 0) is 16.6 Å². The van der Waals surface area contributed by atoms with Crippen LogP contribution >= 0.6 is 11.3 Å². The molecule has 0 aliphatic rings. The van der Waals surface area contributed by atoms with Gasteiger partial charge in [0.2, 0.25) is 15.8 Å². The minimum atomic E-state index is -4.01. The zero-order chi connectivity index (χ0) is 18.0. The van der Waals surface area contributed by atoms with E-state index in [9.17, 15) is 22.0 Å². The Morgan fingerprint density at radius 2 is 1.92 bits per heavy atom. The minimum Gasteiger partial charge on any atom is -0.461 e. The number of sulfonamides is 1. The van der Waals surface area contributed by atoms with E-state index >= 15 is 0 Å². The number of ketones is 1. The van der Waals surface area contributed by atoms with Gasteiger partial charge in [-0.3, -0.25) is 4.79 Å². The van der Waals surface area contributed by atoms with Crippen LogP contribution in [0.2, 0.25) is 0 Å². The second-order valence-corrected chi connectivity index (χ2v) is 7.91. The van der Waals surface area contributed by atoms with Crippen LogP contribution in [0.15, 0.2) is 58.0 Å². The van der Waals surface area contributed by atoms with E-state index in [1.54, 1.807) is 18.2 Å². The fourth-order valence-electron chi connectivity index (χ4n) is 2.02. The van der Waals surface area contributed by atoms with E-state index in [1.807, 2.05) is 0 Å². The van der Waals surface area contributed by atoms with Crippen LogP contribution < -0.4 is 4.72 Å². The van der Waals surface area contributed by atoms with E-state index in [4.69, 9.17) is 4.42 Å². The monoisotopic (exact) mass is 383 g/mol.